The minimum Gasteiger partial charge on any atom is -0.304 e. The van der Waals surface area contributed by atoms with Gasteiger partial charge in [0.25, 0.3) is 5.91 Å². The first kappa shape index (κ1) is 12.8. The molecule has 0 atom stereocenters. The van der Waals surface area contributed by atoms with Crippen LogP contribution in [0.3, 0.4) is 0 Å². The maximum Gasteiger partial charge on any atom is 0.268 e. The fourth-order valence-corrected chi connectivity index (χ4v) is 1.72. The number of hydrogen-bond donors (Lipinski definition) is 1. The van der Waals surface area contributed by atoms with E-state index >= 15 is 0 Å². The van der Waals surface area contributed by atoms with Crippen LogP contribution in [0.4, 0.5) is 8.78 Å². The average Bonchev–Trinajstić information content (AvgIpc) is 2.35. The molecule has 0 aromatic carbocycles. The summed E-state index contributed by atoms with van der Waals surface area (Å²) in [5.41, 5.74) is 2.23. The van der Waals surface area contributed by atoms with E-state index in [4.69, 9.17) is 0 Å². The summed E-state index contributed by atoms with van der Waals surface area (Å²) >= 11 is 0. The van der Waals surface area contributed by atoms with Gasteiger partial charge in [-0.25, -0.2) is 14.4 Å². The number of nitrogens with zero attached hydrogens (tertiary/aromatic N) is 3. The van der Waals surface area contributed by atoms with Crippen LogP contribution < -0.4 is 5.43 Å². The number of rotatable bonds is 2. The van der Waals surface area contributed by atoms with Gasteiger partial charge in [-0.3, -0.25) is 10.2 Å². The first-order valence-corrected chi connectivity index (χ1v) is 5.62. The summed E-state index contributed by atoms with van der Waals surface area (Å²) in [6.07, 6.45) is 1.07. The van der Waals surface area contributed by atoms with Crippen molar-refractivity contribution in [3.8, 4) is 0 Å². The van der Waals surface area contributed by atoms with Gasteiger partial charge in [0.1, 0.15) is 0 Å². The van der Waals surface area contributed by atoms with Gasteiger partial charge in [-0.2, -0.15) is 4.39 Å². The van der Waals surface area contributed by atoms with E-state index < -0.39 is 17.7 Å². The highest BCUT2D eigenvalue weighted by molar-refractivity contribution is 5.93. The van der Waals surface area contributed by atoms with Crippen LogP contribution in [0.25, 0.3) is 0 Å². The molecule has 1 amide bonds. The fraction of sp³-hybridized carbons (Fsp3) is 0.455. The number of carbonyl (C=O) groups excluding carboxylic acids is 1. The summed E-state index contributed by atoms with van der Waals surface area (Å²) < 4.78 is 26.2. The van der Waals surface area contributed by atoms with Crippen molar-refractivity contribution in [1.82, 2.24) is 20.3 Å². The topological polar surface area (TPSA) is 48.5 Å². The Bertz CT molecular complexity index is 447. The normalized spacial score (nSPS) is 17.7. The lowest BCUT2D eigenvalue weighted by atomic mass is 10.2. The van der Waals surface area contributed by atoms with Crippen LogP contribution in [0.1, 0.15) is 10.4 Å². The summed E-state index contributed by atoms with van der Waals surface area (Å²) in [4.78, 5) is 17.0. The predicted octanol–water partition coefficient (Wildman–Crippen LogP) is 0.252. The van der Waals surface area contributed by atoms with E-state index in [-0.39, 0.29) is 5.56 Å². The summed E-state index contributed by atoms with van der Waals surface area (Å²) in [7, 11) is 1.98. The van der Waals surface area contributed by atoms with Gasteiger partial charge in [0.2, 0.25) is 5.95 Å². The molecule has 2 rings (SSSR count). The molecule has 2 heterocycles. The van der Waals surface area contributed by atoms with Crippen LogP contribution in [-0.2, 0) is 0 Å². The number of carbonyl (C=O) groups is 1. The molecule has 98 valence electrons. The van der Waals surface area contributed by atoms with E-state index in [9.17, 15) is 13.6 Å². The van der Waals surface area contributed by atoms with E-state index in [2.05, 4.69) is 15.3 Å². The maximum absolute atomic E-state index is 13.3. The second-order valence-corrected chi connectivity index (χ2v) is 4.19. The van der Waals surface area contributed by atoms with Crippen molar-refractivity contribution in [2.24, 2.45) is 0 Å². The van der Waals surface area contributed by atoms with Gasteiger partial charge in [0, 0.05) is 32.4 Å². The summed E-state index contributed by atoms with van der Waals surface area (Å²) in [5, 5.41) is 1.69. The van der Waals surface area contributed by atoms with Gasteiger partial charge in [-0.1, -0.05) is 0 Å². The fourth-order valence-electron chi connectivity index (χ4n) is 1.72. The van der Waals surface area contributed by atoms with E-state index in [1.807, 2.05) is 7.05 Å². The SMILES string of the molecule is CN1CCN(NC(=O)c2ccnc(F)c2F)CC1. The zero-order valence-corrected chi connectivity index (χ0v) is 9.99. The molecule has 0 unspecified atom stereocenters. The second kappa shape index (κ2) is 5.36. The largest absolute Gasteiger partial charge is 0.304 e. The smallest absolute Gasteiger partial charge is 0.268 e. The van der Waals surface area contributed by atoms with E-state index in [1.54, 1.807) is 5.01 Å². The molecule has 0 saturated carbocycles. The van der Waals surface area contributed by atoms with E-state index in [0.29, 0.717) is 13.1 Å². The molecule has 0 spiro atoms. The average molecular weight is 256 g/mol. The maximum atomic E-state index is 13.3. The quantitative estimate of drug-likeness (QED) is 0.771. The number of hydrazine groups is 1. The predicted molar refractivity (Wildman–Crippen MR) is 60.7 cm³/mol. The summed E-state index contributed by atoms with van der Waals surface area (Å²) in [6, 6.07) is 1.16. The van der Waals surface area contributed by atoms with Gasteiger partial charge < -0.3 is 4.90 Å². The molecule has 1 aromatic heterocycles. The molecule has 18 heavy (non-hydrogen) atoms. The highest BCUT2D eigenvalue weighted by Crippen LogP contribution is 2.09. The van der Waals surface area contributed by atoms with Gasteiger partial charge in [0.15, 0.2) is 5.82 Å². The summed E-state index contributed by atoms with van der Waals surface area (Å²) in [6.45, 7) is 2.93. The van der Waals surface area contributed by atoms with Crippen molar-refractivity contribution in [3.63, 3.8) is 0 Å². The van der Waals surface area contributed by atoms with E-state index in [1.165, 1.54) is 0 Å². The number of halogens is 2. The number of hydrogen-bond acceptors (Lipinski definition) is 4. The first-order valence-electron chi connectivity index (χ1n) is 5.62. The highest BCUT2D eigenvalue weighted by atomic mass is 19.2. The molecule has 5 nitrogen and oxygen atoms in total. The zero-order valence-electron chi connectivity index (χ0n) is 9.99. The Hall–Kier alpha value is -1.60. The molecule has 1 N–H and O–H groups in total. The van der Waals surface area contributed by atoms with Crippen molar-refractivity contribution in [2.75, 3.05) is 33.2 Å². The minimum absolute atomic E-state index is 0.332. The minimum atomic E-state index is -1.26. The monoisotopic (exact) mass is 256 g/mol. The van der Waals surface area contributed by atoms with E-state index in [0.717, 1.165) is 25.4 Å². The van der Waals surface area contributed by atoms with Crippen LogP contribution >= 0.6 is 0 Å². The molecule has 0 radical (unpaired) electrons. The molecule has 0 bridgehead atoms. The Labute approximate surface area is 103 Å². The Balaban J connectivity index is 2.01. The Morgan fingerprint density at radius 2 is 2.00 bits per heavy atom. The van der Waals surface area contributed by atoms with Crippen LogP contribution in [0.15, 0.2) is 12.3 Å². The number of nitrogens with one attached hydrogen (secondary N) is 1. The lowest BCUT2D eigenvalue weighted by Gasteiger charge is -2.32. The van der Waals surface area contributed by atoms with Crippen molar-refractivity contribution >= 4 is 5.91 Å². The number of amides is 1. The number of aromatic nitrogens is 1. The molecule has 1 aliphatic heterocycles. The second-order valence-electron chi connectivity index (χ2n) is 4.19. The van der Waals surface area contributed by atoms with Crippen LogP contribution in [0.5, 0.6) is 0 Å². The van der Waals surface area contributed by atoms with Crippen LogP contribution in [0, 0.1) is 11.8 Å². The number of likely N-dealkylation sites (N-methyl/N-ethyl adjacent to an activating group) is 1. The lowest BCUT2D eigenvalue weighted by Crippen LogP contribution is -2.52. The molecule has 7 heteroatoms. The number of piperazine rings is 1. The van der Waals surface area contributed by atoms with Crippen molar-refractivity contribution < 1.29 is 13.6 Å². The van der Waals surface area contributed by atoms with Crippen LogP contribution in [-0.4, -0.2) is 54.0 Å². The molecular formula is C11H14F2N4O. The Morgan fingerprint density at radius 1 is 1.33 bits per heavy atom. The van der Waals surface area contributed by atoms with Crippen molar-refractivity contribution in [3.05, 3.63) is 29.6 Å². The molecule has 1 fully saturated rings. The van der Waals surface area contributed by atoms with Crippen molar-refractivity contribution in [1.29, 1.82) is 0 Å². The van der Waals surface area contributed by atoms with Gasteiger partial charge >= 0.3 is 0 Å². The molecule has 1 saturated heterocycles. The van der Waals surface area contributed by atoms with Gasteiger partial charge in [-0.05, 0) is 13.1 Å². The summed E-state index contributed by atoms with van der Waals surface area (Å²) in [5.74, 6) is -3.14. The van der Waals surface area contributed by atoms with Crippen molar-refractivity contribution in [2.45, 2.75) is 0 Å². The highest BCUT2D eigenvalue weighted by Gasteiger charge is 2.20. The zero-order chi connectivity index (χ0) is 13.1. The third kappa shape index (κ3) is 2.80. The third-order valence-electron chi connectivity index (χ3n) is 2.85. The van der Waals surface area contributed by atoms with Crippen LogP contribution in [0.2, 0.25) is 0 Å². The molecule has 1 aromatic rings. The number of pyridine rings is 1. The molecule has 1 aliphatic rings. The molecular weight excluding hydrogens is 242 g/mol. The Morgan fingerprint density at radius 3 is 2.67 bits per heavy atom. The standard InChI is InChI=1S/C11H14F2N4O/c1-16-4-6-17(7-5-16)15-11(18)8-2-3-14-10(13)9(8)12/h2-3H,4-7H2,1H3,(H,15,18). The van der Waals surface area contributed by atoms with Gasteiger partial charge in [0.05, 0.1) is 5.56 Å². The van der Waals surface area contributed by atoms with Gasteiger partial charge in [-0.15, -0.1) is 0 Å². The molecule has 0 aliphatic carbocycles. The lowest BCUT2D eigenvalue weighted by molar-refractivity contribution is 0.0657. The Kier molecular flexibility index (Phi) is 3.83. The third-order valence-corrected chi connectivity index (χ3v) is 2.85. The first-order chi connectivity index (χ1) is 8.58.